The number of nitrogens with one attached hydrogen (secondary N) is 2. The van der Waals surface area contributed by atoms with Crippen molar-refractivity contribution < 1.29 is 9.59 Å². The molecule has 0 aliphatic heterocycles. The number of aromatic amines is 1. The van der Waals surface area contributed by atoms with Crippen LogP contribution in [0, 0.1) is 0 Å². The van der Waals surface area contributed by atoms with Crippen molar-refractivity contribution in [1.29, 1.82) is 0 Å². The summed E-state index contributed by atoms with van der Waals surface area (Å²) in [5.74, 6) is -1.07. The van der Waals surface area contributed by atoms with Crippen LogP contribution in [0.1, 0.15) is 17.5 Å². The number of hydrogen-bond acceptors (Lipinski definition) is 4. The number of amides is 2. The van der Waals surface area contributed by atoms with Crippen molar-refractivity contribution in [3.63, 3.8) is 0 Å². The molecule has 0 spiro atoms. The van der Waals surface area contributed by atoms with E-state index in [4.69, 9.17) is 5.73 Å². The van der Waals surface area contributed by atoms with Gasteiger partial charge in [-0.05, 0) is 6.92 Å². The highest BCUT2D eigenvalue weighted by Crippen LogP contribution is 1.87. The van der Waals surface area contributed by atoms with Crippen molar-refractivity contribution in [1.82, 2.24) is 20.5 Å². The lowest BCUT2D eigenvalue weighted by Crippen LogP contribution is -2.42. The predicted molar refractivity (Wildman–Crippen MR) is 42.5 cm³/mol. The van der Waals surface area contributed by atoms with Crippen LogP contribution in [0.2, 0.25) is 0 Å². The Morgan fingerprint density at radius 3 is 2.85 bits per heavy atom. The second-order valence-electron chi connectivity index (χ2n) is 2.43. The van der Waals surface area contributed by atoms with E-state index < -0.39 is 17.9 Å². The largest absolute Gasteiger partial charge is 0.368 e. The van der Waals surface area contributed by atoms with Crippen LogP contribution in [0.3, 0.4) is 0 Å². The fraction of sp³-hybridized carbons (Fsp3) is 0.333. The summed E-state index contributed by atoms with van der Waals surface area (Å²) >= 11 is 0. The van der Waals surface area contributed by atoms with Gasteiger partial charge in [0.15, 0.2) is 0 Å². The van der Waals surface area contributed by atoms with Gasteiger partial charge in [-0.2, -0.15) is 5.10 Å². The molecule has 0 fully saturated rings. The summed E-state index contributed by atoms with van der Waals surface area (Å²) in [5.41, 5.74) is 4.94. The van der Waals surface area contributed by atoms with Gasteiger partial charge in [0.25, 0.3) is 5.91 Å². The maximum absolute atomic E-state index is 11.2. The Hall–Kier alpha value is -1.92. The normalized spacial score (nSPS) is 12.1. The number of hydrogen-bond donors (Lipinski definition) is 3. The second-order valence-corrected chi connectivity index (χ2v) is 2.43. The standard InChI is InChI=1S/C6H9N5O2/c1-3(4(7)12)10-6(13)5-8-2-9-11-5/h2-3H,1H3,(H2,7,12)(H,10,13)(H,8,9,11)/t3-/m0/s1. The molecule has 1 aromatic rings. The molecule has 1 atom stereocenters. The third kappa shape index (κ3) is 2.26. The highest BCUT2D eigenvalue weighted by Gasteiger charge is 2.15. The van der Waals surface area contributed by atoms with E-state index in [1.54, 1.807) is 0 Å². The Kier molecular flexibility index (Phi) is 2.58. The first-order valence-electron chi connectivity index (χ1n) is 3.57. The molecule has 0 radical (unpaired) electrons. The SMILES string of the molecule is C[C@H](NC(=O)c1ncn[nH]1)C(N)=O. The summed E-state index contributed by atoms with van der Waals surface area (Å²) in [5, 5.41) is 8.17. The highest BCUT2D eigenvalue weighted by molar-refractivity contribution is 5.94. The van der Waals surface area contributed by atoms with E-state index in [9.17, 15) is 9.59 Å². The summed E-state index contributed by atoms with van der Waals surface area (Å²) in [6.45, 7) is 1.48. The van der Waals surface area contributed by atoms with Gasteiger partial charge < -0.3 is 11.1 Å². The van der Waals surface area contributed by atoms with E-state index in [2.05, 4.69) is 20.5 Å². The van der Waals surface area contributed by atoms with E-state index in [0.29, 0.717) is 0 Å². The molecule has 7 heteroatoms. The van der Waals surface area contributed by atoms with Crippen LogP contribution in [-0.4, -0.2) is 33.0 Å². The smallest absolute Gasteiger partial charge is 0.289 e. The molecule has 0 unspecified atom stereocenters. The Balaban J connectivity index is 2.56. The minimum Gasteiger partial charge on any atom is -0.368 e. The zero-order valence-electron chi connectivity index (χ0n) is 6.94. The monoisotopic (exact) mass is 183 g/mol. The van der Waals surface area contributed by atoms with E-state index in [0.717, 1.165) is 0 Å². The Bertz CT molecular complexity index is 307. The number of rotatable bonds is 3. The third-order valence-electron chi connectivity index (χ3n) is 1.40. The van der Waals surface area contributed by atoms with Crippen molar-refractivity contribution in [2.24, 2.45) is 5.73 Å². The molecule has 0 aliphatic carbocycles. The summed E-state index contributed by atoms with van der Waals surface area (Å²) in [4.78, 5) is 25.3. The number of primary amides is 1. The van der Waals surface area contributed by atoms with Crippen LogP contribution in [0.15, 0.2) is 6.33 Å². The lowest BCUT2D eigenvalue weighted by atomic mass is 10.3. The van der Waals surface area contributed by atoms with Gasteiger partial charge in [0.2, 0.25) is 11.7 Å². The van der Waals surface area contributed by atoms with E-state index in [1.807, 2.05) is 0 Å². The van der Waals surface area contributed by atoms with Crippen LogP contribution >= 0.6 is 0 Å². The molecule has 2 amide bonds. The van der Waals surface area contributed by atoms with Crippen LogP contribution in [0.4, 0.5) is 0 Å². The maximum Gasteiger partial charge on any atom is 0.289 e. The first-order chi connectivity index (χ1) is 6.11. The molecule has 1 heterocycles. The molecule has 0 aliphatic rings. The maximum atomic E-state index is 11.2. The quantitative estimate of drug-likeness (QED) is 0.524. The molecule has 0 bridgehead atoms. The summed E-state index contributed by atoms with van der Waals surface area (Å²) < 4.78 is 0. The van der Waals surface area contributed by atoms with Gasteiger partial charge in [-0.1, -0.05) is 0 Å². The van der Waals surface area contributed by atoms with Gasteiger partial charge in [-0.15, -0.1) is 0 Å². The van der Waals surface area contributed by atoms with E-state index >= 15 is 0 Å². The highest BCUT2D eigenvalue weighted by atomic mass is 16.2. The van der Waals surface area contributed by atoms with Gasteiger partial charge in [-0.25, -0.2) is 4.98 Å². The minimum atomic E-state index is -0.724. The van der Waals surface area contributed by atoms with Gasteiger partial charge in [-0.3, -0.25) is 14.7 Å². The Labute approximate surface area is 73.7 Å². The summed E-state index contributed by atoms with van der Waals surface area (Å²) in [6, 6.07) is -0.724. The molecule has 13 heavy (non-hydrogen) atoms. The van der Waals surface area contributed by atoms with Gasteiger partial charge in [0.05, 0.1) is 0 Å². The fourth-order valence-corrected chi connectivity index (χ4v) is 0.651. The summed E-state index contributed by atoms with van der Waals surface area (Å²) in [7, 11) is 0. The second kappa shape index (κ2) is 3.65. The topological polar surface area (TPSA) is 114 Å². The average Bonchev–Trinajstić information content (AvgIpc) is 2.55. The molecule has 4 N–H and O–H groups in total. The molecule has 0 saturated carbocycles. The Morgan fingerprint density at radius 1 is 1.69 bits per heavy atom. The van der Waals surface area contributed by atoms with E-state index in [1.165, 1.54) is 13.3 Å². The van der Waals surface area contributed by atoms with Crippen LogP contribution in [0.5, 0.6) is 0 Å². The molecule has 1 aromatic heterocycles. The number of nitrogens with zero attached hydrogens (tertiary/aromatic N) is 2. The van der Waals surface area contributed by atoms with Crippen molar-refractivity contribution in [2.75, 3.05) is 0 Å². The number of nitrogens with two attached hydrogens (primary N) is 1. The lowest BCUT2D eigenvalue weighted by Gasteiger charge is -2.07. The van der Waals surface area contributed by atoms with Crippen LogP contribution < -0.4 is 11.1 Å². The molecule has 0 aromatic carbocycles. The lowest BCUT2D eigenvalue weighted by molar-refractivity contribution is -0.119. The van der Waals surface area contributed by atoms with Gasteiger partial charge in [0.1, 0.15) is 12.4 Å². The third-order valence-corrected chi connectivity index (χ3v) is 1.40. The summed E-state index contributed by atoms with van der Waals surface area (Å²) in [6.07, 6.45) is 1.20. The van der Waals surface area contributed by atoms with E-state index in [-0.39, 0.29) is 5.82 Å². The minimum absolute atomic E-state index is 0.0492. The Morgan fingerprint density at radius 2 is 2.38 bits per heavy atom. The molecular weight excluding hydrogens is 174 g/mol. The molecular formula is C6H9N5O2. The first-order valence-corrected chi connectivity index (χ1v) is 3.57. The number of carbonyl (C=O) groups is 2. The van der Waals surface area contributed by atoms with Crippen LogP contribution in [-0.2, 0) is 4.79 Å². The van der Waals surface area contributed by atoms with Crippen LogP contribution in [0.25, 0.3) is 0 Å². The molecule has 0 saturated heterocycles. The van der Waals surface area contributed by atoms with Gasteiger partial charge in [0, 0.05) is 0 Å². The number of H-pyrrole nitrogens is 1. The zero-order valence-corrected chi connectivity index (χ0v) is 6.94. The average molecular weight is 183 g/mol. The number of carbonyl (C=O) groups excluding carboxylic acids is 2. The number of aromatic nitrogens is 3. The molecule has 70 valence electrons. The molecule has 7 nitrogen and oxygen atoms in total. The first kappa shape index (κ1) is 9.17. The van der Waals surface area contributed by atoms with Crippen molar-refractivity contribution in [2.45, 2.75) is 13.0 Å². The predicted octanol–water partition coefficient (Wildman–Crippen LogP) is -1.59. The van der Waals surface area contributed by atoms with Crippen molar-refractivity contribution in [3.05, 3.63) is 12.2 Å². The molecule has 1 rings (SSSR count). The van der Waals surface area contributed by atoms with Crippen molar-refractivity contribution >= 4 is 11.8 Å². The zero-order chi connectivity index (χ0) is 9.84. The fourth-order valence-electron chi connectivity index (χ4n) is 0.651. The van der Waals surface area contributed by atoms with Gasteiger partial charge >= 0.3 is 0 Å². The van der Waals surface area contributed by atoms with Crippen molar-refractivity contribution in [3.8, 4) is 0 Å².